The van der Waals surface area contributed by atoms with E-state index in [9.17, 15) is 5.11 Å². The van der Waals surface area contributed by atoms with Crippen molar-refractivity contribution in [2.24, 2.45) is 5.92 Å². The Labute approximate surface area is 93.9 Å². The van der Waals surface area contributed by atoms with Gasteiger partial charge in [-0.05, 0) is 52.4 Å². The SMILES string of the molecule is CCN(C)CCC1CCCC1(CO)NC. The number of likely N-dealkylation sites (N-methyl/N-ethyl adjacent to an activating group) is 1. The lowest BCUT2D eigenvalue weighted by atomic mass is 9.85. The average Bonchev–Trinajstić information content (AvgIpc) is 2.69. The lowest BCUT2D eigenvalue weighted by Gasteiger charge is -2.34. The fourth-order valence-electron chi connectivity index (χ4n) is 2.72. The molecule has 1 aliphatic rings. The first-order valence-electron chi connectivity index (χ1n) is 6.17. The van der Waals surface area contributed by atoms with Crippen molar-refractivity contribution in [1.29, 1.82) is 0 Å². The van der Waals surface area contributed by atoms with Crippen molar-refractivity contribution in [3.8, 4) is 0 Å². The van der Waals surface area contributed by atoms with Gasteiger partial charge in [0.25, 0.3) is 0 Å². The summed E-state index contributed by atoms with van der Waals surface area (Å²) in [6.45, 7) is 4.72. The van der Waals surface area contributed by atoms with Gasteiger partial charge in [0.05, 0.1) is 6.61 Å². The van der Waals surface area contributed by atoms with Crippen molar-refractivity contribution in [3.05, 3.63) is 0 Å². The smallest absolute Gasteiger partial charge is 0.0615 e. The summed E-state index contributed by atoms with van der Waals surface area (Å²) in [7, 11) is 4.15. The third-order valence-corrected chi connectivity index (χ3v) is 4.14. The zero-order chi connectivity index (χ0) is 11.3. The van der Waals surface area contributed by atoms with Gasteiger partial charge in [-0.2, -0.15) is 0 Å². The van der Waals surface area contributed by atoms with Gasteiger partial charge in [-0.15, -0.1) is 0 Å². The minimum absolute atomic E-state index is 0.00851. The molecule has 0 aromatic carbocycles. The summed E-state index contributed by atoms with van der Waals surface area (Å²) < 4.78 is 0. The Kier molecular flexibility index (Phi) is 5.03. The molecule has 0 aromatic heterocycles. The first kappa shape index (κ1) is 12.9. The summed E-state index contributed by atoms with van der Waals surface area (Å²) in [5, 5.41) is 12.9. The Bertz CT molecular complexity index is 180. The van der Waals surface area contributed by atoms with Gasteiger partial charge in [0, 0.05) is 5.54 Å². The van der Waals surface area contributed by atoms with E-state index in [1.165, 1.54) is 19.3 Å². The van der Waals surface area contributed by atoms with Crippen molar-refractivity contribution < 1.29 is 5.11 Å². The molecule has 3 heteroatoms. The molecule has 2 atom stereocenters. The molecule has 2 N–H and O–H groups in total. The molecular weight excluding hydrogens is 188 g/mol. The second kappa shape index (κ2) is 5.83. The number of rotatable bonds is 6. The van der Waals surface area contributed by atoms with E-state index >= 15 is 0 Å². The summed E-state index contributed by atoms with van der Waals surface area (Å²) in [6, 6.07) is 0. The molecule has 0 radical (unpaired) electrons. The quantitative estimate of drug-likeness (QED) is 0.694. The zero-order valence-corrected chi connectivity index (χ0v) is 10.4. The summed E-state index contributed by atoms with van der Waals surface area (Å²) >= 11 is 0. The fraction of sp³-hybridized carbons (Fsp3) is 1.00. The van der Waals surface area contributed by atoms with Crippen LogP contribution in [0.25, 0.3) is 0 Å². The second-order valence-corrected chi connectivity index (χ2v) is 4.84. The van der Waals surface area contributed by atoms with E-state index in [1.807, 2.05) is 7.05 Å². The minimum atomic E-state index is 0.00851. The van der Waals surface area contributed by atoms with Gasteiger partial charge in [0.1, 0.15) is 0 Å². The highest BCUT2D eigenvalue weighted by molar-refractivity contribution is 4.98. The van der Waals surface area contributed by atoms with E-state index in [-0.39, 0.29) is 12.1 Å². The molecule has 1 saturated carbocycles. The molecule has 1 fully saturated rings. The van der Waals surface area contributed by atoms with Crippen LogP contribution in [-0.2, 0) is 0 Å². The summed E-state index contributed by atoms with van der Waals surface area (Å²) in [4.78, 5) is 2.34. The number of aliphatic hydroxyl groups excluding tert-OH is 1. The maximum Gasteiger partial charge on any atom is 0.0615 e. The van der Waals surface area contributed by atoms with Crippen LogP contribution >= 0.6 is 0 Å². The van der Waals surface area contributed by atoms with Crippen LogP contribution in [0, 0.1) is 5.92 Å². The number of nitrogens with zero attached hydrogens (tertiary/aromatic N) is 1. The van der Waals surface area contributed by atoms with Gasteiger partial charge in [0.15, 0.2) is 0 Å². The summed E-state index contributed by atoms with van der Waals surface area (Å²) in [5.41, 5.74) is 0.00851. The van der Waals surface area contributed by atoms with E-state index in [1.54, 1.807) is 0 Å². The molecule has 0 saturated heterocycles. The largest absolute Gasteiger partial charge is 0.394 e. The van der Waals surface area contributed by atoms with Crippen molar-refractivity contribution in [2.45, 2.75) is 38.1 Å². The maximum absolute atomic E-state index is 9.53. The molecule has 3 nitrogen and oxygen atoms in total. The Hall–Kier alpha value is -0.120. The van der Waals surface area contributed by atoms with Gasteiger partial charge in [-0.3, -0.25) is 0 Å². The van der Waals surface area contributed by atoms with Gasteiger partial charge >= 0.3 is 0 Å². The maximum atomic E-state index is 9.53. The minimum Gasteiger partial charge on any atom is -0.394 e. The third-order valence-electron chi connectivity index (χ3n) is 4.14. The van der Waals surface area contributed by atoms with E-state index in [2.05, 4.69) is 24.2 Å². The van der Waals surface area contributed by atoms with Crippen LogP contribution in [0.3, 0.4) is 0 Å². The van der Waals surface area contributed by atoms with Gasteiger partial charge in [-0.1, -0.05) is 13.3 Å². The highest BCUT2D eigenvalue weighted by Crippen LogP contribution is 2.37. The topological polar surface area (TPSA) is 35.5 Å². The third kappa shape index (κ3) is 2.92. The molecular formula is C12H26N2O. The van der Waals surface area contributed by atoms with Gasteiger partial charge in [0.2, 0.25) is 0 Å². The molecule has 0 heterocycles. The first-order valence-corrected chi connectivity index (χ1v) is 6.17. The molecule has 0 bridgehead atoms. The fourth-order valence-corrected chi connectivity index (χ4v) is 2.72. The Balaban J connectivity index is 2.45. The molecule has 0 aliphatic heterocycles. The normalized spacial score (nSPS) is 31.4. The number of hydrogen-bond acceptors (Lipinski definition) is 3. The van der Waals surface area contributed by atoms with Crippen molar-refractivity contribution in [1.82, 2.24) is 10.2 Å². The molecule has 0 aromatic rings. The second-order valence-electron chi connectivity index (χ2n) is 4.84. The average molecular weight is 214 g/mol. The number of nitrogens with one attached hydrogen (secondary N) is 1. The van der Waals surface area contributed by atoms with Crippen LogP contribution in [0.15, 0.2) is 0 Å². The van der Waals surface area contributed by atoms with Crippen LogP contribution in [-0.4, -0.2) is 49.3 Å². The standard InChI is InChI=1S/C12H26N2O/c1-4-14(3)9-7-11-6-5-8-12(11,10-15)13-2/h11,13,15H,4-10H2,1-3H3. The Morgan fingerprint density at radius 2 is 2.27 bits per heavy atom. The molecule has 0 spiro atoms. The van der Waals surface area contributed by atoms with Crippen molar-refractivity contribution in [2.75, 3.05) is 33.8 Å². The van der Waals surface area contributed by atoms with Crippen LogP contribution < -0.4 is 5.32 Å². The molecule has 2 unspecified atom stereocenters. The van der Waals surface area contributed by atoms with E-state index in [0.29, 0.717) is 5.92 Å². The zero-order valence-electron chi connectivity index (χ0n) is 10.4. The van der Waals surface area contributed by atoms with Gasteiger partial charge < -0.3 is 15.3 Å². The Morgan fingerprint density at radius 1 is 1.53 bits per heavy atom. The van der Waals surface area contributed by atoms with Crippen LogP contribution in [0.2, 0.25) is 0 Å². The monoisotopic (exact) mass is 214 g/mol. The molecule has 0 amide bonds. The highest BCUT2D eigenvalue weighted by Gasteiger charge is 2.40. The van der Waals surface area contributed by atoms with E-state index < -0.39 is 0 Å². The van der Waals surface area contributed by atoms with Crippen LogP contribution in [0.1, 0.15) is 32.6 Å². The number of hydrogen-bond donors (Lipinski definition) is 2. The molecule has 15 heavy (non-hydrogen) atoms. The number of aliphatic hydroxyl groups is 1. The van der Waals surface area contributed by atoms with Gasteiger partial charge in [-0.25, -0.2) is 0 Å². The first-order chi connectivity index (χ1) is 7.18. The Morgan fingerprint density at radius 3 is 2.80 bits per heavy atom. The van der Waals surface area contributed by atoms with E-state index in [4.69, 9.17) is 0 Å². The van der Waals surface area contributed by atoms with Crippen LogP contribution in [0.5, 0.6) is 0 Å². The highest BCUT2D eigenvalue weighted by atomic mass is 16.3. The molecule has 1 rings (SSSR count). The molecule has 90 valence electrons. The van der Waals surface area contributed by atoms with E-state index in [0.717, 1.165) is 19.5 Å². The summed E-state index contributed by atoms with van der Waals surface area (Å²) in [5.74, 6) is 0.640. The van der Waals surface area contributed by atoms with Crippen molar-refractivity contribution >= 4 is 0 Å². The lowest BCUT2D eigenvalue weighted by Crippen LogP contribution is -2.50. The summed E-state index contributed by atoms with van der Waals surface area (Å²) in [6.07, 6.45) is 4.84. The predicted octanol–water partition coefficient (Wildman–Crippen LogP) is 1.08. The van der Waals surface area contributed by atoms with Crippen molar-refractivity contribution in [3.63, 3.8) is 0 Å². The van der Waals surface area contributed by atoms with Crippen LogP contribution in [0.4, 0.5) is 0 Å². The molecule has 1 aliphatic carbocycles. The lowest BCUT2D eigenvalue weighted by molar-refractivity contribution is 0.121. The predicted molar refractivity (Wildman–Crippen MR) is 64.0 cm³/mol.